The van der Waals surface area contributed by atoms with Gasteiger partial charge in [0.2, 0.25) is 0 Å². The van der Waals surface area contributed by atoms with Crippen LogP contribution in [0.5, 0.6) is 11.5 Å². The normalized spacial score (nSPS) is 12.3. The Labute approximate surface area is 130 Å². The number of hydrogen-bond acceptors (Lipinski definition) is 3. The fourth-order valence-corrected chi connectivity index (χ4v) is 2.11. The summed E-state index contributed by atoms with van der Waals surface area (Å²) in [5, 5.41) is 3.59. The van der Waals surface area contributed by atoms with E-state index >= 15 is 0 Å². The zero-order valence-corrected chi connectivity index (χ0v) is 14.7. The van der Waals surface area contributed by atoms with Crippen LogP contribution in [0, 0.1) is 5.41 Å². The maximum absolute atomic E-state index is 5.36. The standard InChI is InChI=1S/C18H31NO2/c1-17(2,3)19-13-18(4,5)11-10-14-8-9-15(20-6)16(12-14)21-7/h8-9,12,19H,10-11,13H2,1-7H3. The summed E-state index contributed by atoms with van der Waals surface area (Å²) in [6.07, 6.45) is 2.17. The van der Waals surface area contributed by atoms with E-state index in [0.29, 0.717) is 0 Å². The largest absolute Gasteiger partial charge is 0.493 e. The van der Waals surface area contributed by atoms with Crippen LogP contribution in [0.15, 0.2) is 18.2 Å². The van der Waals surface area contributed by atoms with Gasteiger partial charge in [-0.3, -0.25) is 0 Å². The second kappa shape index (κ2) is 7.17. The lowest BCUT2D eigenvalue weighted by atomic mass is 9.85. The molecule has 3 nitrogen and oxygen atoms in total. The van der Waals surface area contributed by atoms with E-state index in [2.05, 4.69) is 52.1 Å². The quantitative estimate of drug-likeness (QED) is 0.822. The molecule has 0 aliphatic heterocycles. The molecule has 0 aromatic heterocycles. The Morgan fingerprint density at radius 1 is 0.952 bits per heavy atom. The summed E-state index contributed by atoms with van der Waals surface area (Å²) < 4.78 is 10.6. The van der Waals surface area contributed by atoms with Crippen molar-refractivity contribution in [3.05, 3.63) is 23.8 Å². The Morgan fingerprint density at radius 3 is 2.10 bits per heavy atom. The highest BCUT2D eigenvalue weighted by atomic mass is 16.5. The van der Waals surface area contributed by atoms with Crippen LogP contribution < -0.4 is 14.8 Å². The maximum atomic E-state index is 5.36. The molecule has 0 unspecified atom stereocenters. The van der Waals surface area contributed by atoms with Crippen molar-refractivity contribution < 1.29 is 9.47 Å². The monoisotopic (exact) mass is 293 g/mol. The van der Waals surface area contributed by atoms with E-state index in [-0.39, 0.29) is 11.0 Å². The molecule has 0 bridgehead atoms. The average Bonchev–Trinajstić information content (AvgIpc) is 2.42. The van der Waals surface area contributed by atoms with Crippen LogP contribution in [0.3, 0.4) is 0 Å². The summed E-state index contributed by atoms with van der Waals surface area (Å²) in [6.45, 7) is 12.3. The molecule has 0 saturated heterocycles. The fourth-order valence-electron chi connectivity index (χ4n) is 2.11. The molecule has 0 saturated carbocycles. The van der Waals surface area contributed by atoms with Crippen LogP contribution in [0.25, 0.3) is 0 Å². The molecule has 1 aromatic rings. The molecule has 1 rings (SSSR count). The Kier molecular flexibility index (Phi) is 6.09. The first-order valence-corrected chi connectivity index (χ1v) is 7.63. The number of rotatable bonds is 7. The molecule has 0 aliphatic rings. The van der Waals surface area contributed by atoms with Crippen LogP contribution in [0.2, 0.25) is 0 Å². The summed E-state index contributed by atoms with van der Waals surface area (Å²) in [5.74, 6) is 1.59. The highest BCUT2D eigenvalue weighted by Crippen LogP contribution is 2.30. The van der Waals surface area contributed by atoms with Crippen molar-refractivity contribution in [2.24, 2.45) is 5.41 Å². The SMILES string of the molecule is COc1ccc(CCC(C)(C)CNC(C)(C)C)cc1OC. The second-order valence-corrected chi connectivity index (χ2v) is 7.46. The van der Waals surface area contributed by atoms with Crippen molar-refractivity contribution >= 4 is 0 Å². The summed E-state index contributed by atoms with van der Waals surface area (Å²) in [4.78, 5) is 0. The Morgan fingerprint density at radius 2 is 1.57 bits per heavy atom. The van der Waals surface area contributed by atoms with Gasteiger partial charge in [-0.1, -0.05) is 19.9 Å². The summed E-state index contributed by atoms with van der Waals surface area (Å²) >= 11 is 0. The zero-order valence-electron chi connectivity index (χ0n) is 14.7. The van der Waals surface area contributed by atoms with Gasteiger partial charge in [-0.15, -0.1) is 0 Å². The van der Waals surface area contributed by atoms with Gasteiger partial charge >= 0.3 is 0 Å². The van der Waals surface area contributed by atoms with Crippen LogP contribution in [0.1, 0.15) is 46.6 Å². The number of aryl methyl sites for hydroxylation is 1. The van der Waals surface area contributed by atoms with Gasteiger partial charge < -0.3 is 14.8 Å². The van der Waals surface area contributed by atoms with Crippen LogP contribution >= 0.6 is 0 Å². The molecule has 0 atom stereocenters. The minimum absolute atomic E-state index is 0.167. The van der Waals surface area contributed by atoms with E-state index in [4.69, 9.17) is 9.47 Å². The molecule has 3 heteroatoms. The lowest BCUT2D eigenvalue weighted by molar-refractivity contribution is 0.273. The second-order valence-electron chi connectivity index (χ2n) is 7.46. The number of methoxy groups -OCH3 is 2. The summed E-state index contributed by atoms with van der Waals surface area (Å²) in [5.41, 5.74) is 1.72. The van der Waals surface area contributed by atoms with E-state index in [9.17, 15) is 0 Å². The molecule has 1 N–H and O–H groups in total. The van der Waals surface area contributed by atoms with E-state index in [1.54, 1.807) is 14.2 Å². The first-order chi connectivity index (χ1) is 9.67. The van der Waals surface area contributed by atoms with Crippen molar-refractivity contribution in [3.8, 4) is 11.5 Å². The van der Waals surface area contributed by atoms with E-state index in [1.807, 2.05) is 6.07 Å². The van der Waals surface area contributed by atoms with Crippen LogP contribution in [-0.2, 0) is 6.42 Å². The van der Waals surface area contributed by atoms with Gasteiger partial charge in [0.15, 0.2) is 11.5 Å². The maximum Gasteiger partial charge on any atom is 0.160 e. The first-order valence-electron chi connectivity index (χ1n) is 7.63. The van der Waals surface area contributed by atoms with Crippen LogP contribution in [-0.4, -0.2) is 26.3 Å². The van der Waals surface area contributed by atoms with E-state index in [1.165, 1.54) is 5.56 Å². The molecule has 0 fully saturated rings. The van der Waals surface area contributed by atoms with Gasteiger partial charge in [0.1, 0.15) is 0 Å². The molecule has 0 spiro atoms. The summed E-state index contributed by atoms with van der Waals surface area (Å²) in [6, 6.07) is 6.18. The van der Waals surface area contributed by atoms with Crippen molar-refractivity contribution in [1.29, 1.82) is 0 Å². The number of benzene rings is 1. The molecule has 120 valence electrons. The third-order valence-corrected chi connectivity index (χ3v) is 3.64. The zero-order chi connectivity index (χ0) is 16.1. The predicted molar refractivity (Wildman–Crippen MR) is 89.4 cm³/mol. The highest BCUT2D eigenvalue weighted by Gasteiger charge is 2.21. The van der Waals surface area contributed by atoms with Crippen LogP contribution in [0.4, 0.5) is 0 Å². The molecule has 0 radical (unpaired) electrons. The molecular formula is C18H31NO2. The molecule has 1 aromatic carbocycles. The molecular weight excluding hydrogens is 262 g/mol. The molecule has 0 heterocycles. The Bertz CT molecular complexity index is 447. The van der Waals surface area contributed by atoms with E-state index in [0.717, 1.165) is 30.9 Å². The van der Waals surface area contributed by atoms with Crippen molar-refractivity contribution in [2.75, 3.05) is 20.8 Å². The highest BCUT2D eigenvalue weighted by molar-refractivity contribution is 5.42. The lowest BCUT2D eigenvalue weighted by Crippen LogP contribution is -2.42. The van der Waals surface area contributed by atoms with Gasteiger partial charge in [0, 0.05) is 12.1 Å². The third-order valence-electron chi connectivity index (χ3n) is 3.64. The predicted octanol–water partition coefficient (Wildman–Crippen LogP) is 4.05. The minimum atomic E-state index is 0.167. The first kappa shape index (κ1) is 17.8. The van der Waals surface area contributed by atoms with Crippen molar-refractivity contribution in [1.82, 2.24) is 5.32 Å². The van der Waals surface area contributed by atoms with Gasteiger partial charge in [-0.2, -0.15) is 0 Å². The number of ether oxygens (including phenoxy) is 2. The fraction of sp³-hybridized carbons (Fsp3) is 0.667. The minimum Gasteiger partial charge on any atom is -0.493 e. The Balaban J connectivity index is 2.61. The molecule has 21 heavy (non-hydrogen) atoms. The molecule has 0 aliphatic carbocycles. The number of hydrogen-bond donors (Lipinski definition) is 1. The summed E-state index contributed by atoms with van der Waals surface area (Å²) in [7, 11) is 3.34. The van der Waals surface area contributed by atoms with Crippen molar-refractivity contribution in [2.45, 2.75) is 53.0 Å². The third kappa shape index (κ3) is 6.38. The topological polar surface area (TPSA) is 30.5 Å². The number of nitrogens with one attached hydrogen (secondary N) is 1. The smallest absolute Gasteiger partial charge is 0.160 e. The molecule has 0 amide bonds. The van der Waals surface area contributed by atoms with Gasteiger partial charge in [-0.25, -0.2) is 0 Å². The van der Waals surface area contributed by atoms with Gasteiger partial charge in [0.05, 0.1) is 14.2 Å². The van der Waals surface area contributed by atoms with Gasteiger partial charge in [0.25, 0.3) is 0 Å². The average molecular weight is 293 g/mol. The van der Waals surface area contributed by atoms with Gasteiger partial charge in [-0.05, 0) is 56.7 Å². The lowest BCUT2D eigenvalue weighted by Gasteiger charge is -2.30. The van der Waals surface area contributed by atoms with Crippen molar-refractivity contribution in [3.63, 3.8) is 0 Å². The Hall–Kier alpha value is -1.22. The van der Waals surface area contributed by atoms with E-state index < -0.39 is 0 Å².